The van der Waals surface area contributed by atoms with E-state index in [9.17, 15) is 14.0 Å². The summed E-state index contributed by atoms with van der Waals surface area (Å²) in [7, 11) is 0. The summed E-state index contributed by atoms with van der Waals surface area (Å²) in [6.45, 7) is 4.18. The van der Waals surface area contributed by atoms with Crippen LogP contribution in [0.15, 0.2) is 36.4 Å². The van der Waals surface area contributed by atoms with Crippen LogP contribution in [0.25, 0.3) is 6.08 Å². The van der Waals surface area contributed by atoms with Crippen LogP contribution in [0, 0.1) is 19.7 Å². The quantitative estimate of drug-likeness (QED) is 0.560. The van der Waals surface area contributed by atoms with Gasteiger partial charge in [-0.1, -0.05) is 12.1 Å². The third kappa shape index (κ3) is 5.31. The molecular weight excluding hydrogens is 359 g/mol. The zero-order valence-corrected chi connectivity index (χ0v) is 16.2. The van der Waals surface area contributed by atoms with Crippen LogP contribution < -0.4 is 5.32 Å². The van der Waals surface area contributed by atoms with E-state index < -0.39 is 5.97 Å². The molecule has 3 rings (SSSR count). The molecule has 1 saturated carbocycles. The lowest BCUT2D eigenvalue weighted by Crippen LogP contribution is -2.30. The zero-order chi connectivity index (χ0) is 20.1. The highest BCUT2D eigenvalue weighted by atomic mass is 19.1. The summed E-state index contributed by atoms with van der Waals surface area (Å²) in [6.07, 6.45) is 6.08. The molecule has 28 heavy (non-hydrogen) atoms. The first kappa shape index (κ1) is 19.9. The maximum absolute atomic E-state index is 12.8. The second-order valence-corrected chi connectivity index (χ2v) is 7.10. The SMILES string of the molecule is Cc1cc(/C=C/C(=O)OCC(=O)NCCc2ccc(F)cc2)c(C)n1C1CC1. The second kappa shape index (κ2) is 8.87. The molecule has 148 valence electrons. The summed E-state index contributed by atoms with van der Waals surface area (Å²) in [5.74, 6) is -1.21. The third-order valence-corrected chi connectivity index (χ3v) is 4.83. The number of carbonyl (C=O) groups excluding carboxylic acids is 2. The Morgan fingerprint density at radius 1 is 1.25 bits per heavy atom. The second-order valence-electron chi connectivity index (χ2n) is 7.10. The van der Waals surface area contributed by atoms with Crippen LogP contribution in [0.1, 0.15) is 41.4 Å². The Kier molecular flexibility index (Phi) is 6.29. The van der Waals surface area contributed by atoms with Crippen LogP contribution in [0.3, 0.4) is 0 Å². The van der Waals surface area contributed by atoms with Crippen molar-refractivity contribution in [3.05, 3.63) is 64.7 Å². The van der Waals surface area contributed by atoms with Crippen molar-refractivity contribution in [3.8, 4) is 0 Å². The number of nitrogens with zero attached hydrogens (tertiary/aromatic N) is 1. The van der Waals surface area contributed by atoms with E-state index in [1.807, 2.05) is 6.92 Å². The molecule has 5 nitrogen and oxygen atoms in total. The molecule has 1 aliphatic rings. The predicted octanol–water partition coefficient (Wildman–Crippen LogP) is 3.49. The molecule has 1 amide bonds. The fourth-order valence-electron chi connectivity index (χ4n) is 3.26. The van der Waals surface area contributed by atoms with Gasteiger partial charge in [-0.05, 0) is 68.5 Å². The van der Waals surface area contributed by atoms with Crippen molar-refractivity contribution in [2.24, 2.45) is 0 Å². The molecule has 1 aromatic carbocycles. The molecule has 0 bridgehead atoms. The lowest BCUT2D eigenvalue weighted by atomic mass is 10.1. The first-order valence-corrected chi connectivity index (χ1v) is 9.48. The van der Waals surface area contributed by atoms with Gasteiger partial charge in [-0.15, -0.1) is 0 Å². The predicted molar refractivity (Wildman–Crippen MR) is 105 cm³/mol. The van der Waals surface area contributed by atoms with Gasteiger partial charge < -0.3 is 14.6 Å². The van der Waals surface area contributed by atoms with Gasteiger partial charge in [0.05, 0.1) is 0 Å². The topological polar surface area (TPSA) is 60.3 Å². The molecular formula is C22H25FN2O3. The Hall–Kier alpha value is -2.89. The number of benzene rings is 1. The van der Waals surface area contributed by atoms with E-state index in [4.69, 9.17) is 4.74 Å². The molecule has 1 N–H and O–H groups in total. The number of aromatic nitrogens is 1. The van der Waals surface area contributed by atoms with E-state index in [0.29, 0.717) is 19.0 Å². The number of aryl methyl sites for hydroxylation is 1. The van der Waals surface area contributed by atoms with Crippen molar-refractivity contribution < 1.29 is 18.7 Å². The Labute approximate surface area is 164 Å². The maximum Gasteiger partial charge on any atom is 0.331 e. The van der Waals surface area contributed by atoms with E-state index in [1.165, 1.54) is 36.7 Å². The van der Waals surface area contributed by atoms with Crippen LogP contribution in [0.2, 0.25) is 0 Å². The summed E-state index contributed by atoms with van der Waals surface area (Å²) in [5.41, 5.74) is 4.24. The van der Waals surface area contributed by atoms with Crippen LogP contribution in [0.5, 0.6) is 0 Å². The minimum Gasteiger partial charge on any atom is -0.452 e. The van der Waals surface area contributed by atoms with E-state index in [1.54, 1.807) is 18.2 Å². The van der Waals surface area contributed by atoms with Crippen molar-refractivity contribution >= 4 is 18.0 Å². The summed E-state index contributed by atoms with van der Waals surface area (Å²) in [6, 6.07) is 8.76. The molecule has 0 aliphatic heterocycles. The van der Waals surface area contributed by atoms with Gasteiger partial charge in [0.1, 0.15) is 5.82 Å². The average Bonchev–Trinajstić information content (AvgIpc) is 3.45. The summed E-state index contributed by atoms with van der Waals surface area (Å²) in [5, 5.41) is 2.68. The Morgan fingerprint density at radius 2 is 1.96 bits per heavy atom. The molecule has 1 heterocycles. The first-order chi connectivity index (χ1) is 13.4. The molecule has 0 atom stereocenters. The molecule has 2 aromatic rings. The van der Waals surface area contributed by atoms with Gasteiger partial charge in [-0.25, -0.2) is 9.18 Å². The number of carbonyl (C=O) groups is 2. The van der Waals surface area contributed by atoms with Gasteiger partial charge in [-0.3, -0.25) is 4.79 Å². The smallest absolute Gasteiger partial charge is 0.331 e. The average molecular weight is 384 g/mol. The minimum atomic E-state index is -0.551. The number of hydrogen-bond donors (Lipinski definition) is 1. The van der Waals surface area contributed by atoms with E-state index in [-0.39, 0.29) is 18.3 Å². The number of hydrogen-bond acceptors (Lipinski definition) is 3. The van der Waals surface area contributed by atoms with Gasteiger partial charge in [0.25, 0.3) is 5.91 Å². The maximum atomic E-state index is 12.8. The zero-order valence-electron chi connectivity index (χ0n) is 16.2. The minimum absolute atomic E-state index is 0.290. The van der Waals surface area contributed by atoms with E-state index in [0.717, 1.165) is 16.8 Å². The van der Waals surface area contributed by atoms with Crippen molar-refractivity contribution in [1.29, 1.82) is 0 Å². The highest BCUT2D eigenvalue weighted by Crippen LogP contribution is 2.38. The standard InChI is InChI=1S/C22H25FN2O3/c1-15-13-18(16(2)25(15)20-8-9-20)5-10-22(27)28-14-21(26)24-12-11-17-3-6-19(23)7-4-17/h3-7,10,13,20H,8-9,11-12,14H2,1-2H3,(H,24,26)/b10-5+. The summed E-state index contributed by atoms with van der Waals surface area (Å²) >= 11 is 0. The van der Waals surface area contributed by atoms with Gasteiger partial charge in [0, 0.05) is 30.1 Å². The van der Waals surface area contributed by atoms with Gasteiger partial charge >= 0.3 is 5.97 Å². The number of nitrogens with one attached hydrogen (secondary N) is 1. The lowest BCUT2D eigenvalue weighted by molar-refractivity contribution is -0.143. The van der Waals surface area contributed by atoms with Gasteiger partial charge in [0.2, 0.25) is 0 Å². The summed E-state index contributed by atoms with van der Waals surface area (Å²) in [4.78, 5) is 23.6. The van der Waals surface area contributed by atoms with Crippen molar-refractivity contribution in [2.75, 3.05) is 13.2 Å². The fraction of sp³-hybridized carbons (Fsp3) is 0.364. The fourth-order valence-corrected chi connectivity index (χ4v) is 3.26. The first-order valence-electron chi connectivity index (χ1n) is 9.48. The number of amides is 1. The normalized spacial score (nSPS) is 13.7. The van der Waals surface area contributed by atoms with Crippen molar-refractivity contribution in [3.63, 3.8) is 0 Å². The van der Waals surface area contributed by atoms with Crippen LogP contribution >= 0.6 is 0 Å². The van der Waals surface area contributed by atoms with Crippen LogP contribution in [-0.2, 0) is 20.7 Å². The molecule has 0 radical (unpaired) electrons. The Morgan fingerprint density at radius 3 is 2.64 bits per heavy atom. The monoisotopic (exact) mass is 384 g/mol. The van der Waals surface area contributed by atoms with Crippen molar-refractivity contribution in [1.82, 2.24) is 9.88 Å². The molecule has 0 saturated heterocycles. The molecule has 6 heteroatoms. The molecule has 1 aliphatic carbocycles. The number of rotatable bonds is 8. The molecule has 0 spiro atoms. The van der Waals surface area contributed by atoms with E-state index in [2.05, 4.69) is 22.9 Å². The third-order valence-electron chi connectivity index (χ3n) is 4.83. The highest BCUT2D eigenvalue weighted by molar-refractivity contribution is 5.89. The number of esters is 1. The Balaban J connectivity index is 1.40. The molecule has 0 unspecified atom stereocenters. The van der Waals surface area contributed by atoms with Gasteiger partial charge in [0.15, 0.2) is 6.61 Å². The van der Waals surface area contributed by atoms with Crippen LogP contribution in [0.4, 0.5) is 4.39 Å². The van der Waals surface area contributed by atoms with Crippen LogP contribution in [-0.4, -0.2) is 29.6 Å². The number of halogens is 1. The molecule has 1 fully saturated rings. The largest absolute Gasteiger partial charge is 0.452 e. The lowest BCUT2D eigenvalue weighted by Gasteiger charge is -2.06. The summed E-state index contributed by atoms with van der Waals surface area (Å²) < 4.78 is 20.1. The highest BCUT2D eigenvalue weighted by Gasteiger charge is 2.26. The van der Waals surface area contributed by atoms with Gasteiger partial charge in [-0.2, -0.15) is 0 Å². The molecule has 1 aromatic heterocycles. The van der Waals surface area contributed by atoms with E-state index >= 15 is 0 Å². The van der Waals surface area contributed by atoms with Crippen molar-refractivity contribution in [2.45, 2.75) is 39.2 Å². The Bertz CT molecular complexity index is 880. The number of ether oxygens (including phenoxy) is 1.